The summed E-state index contributed by atoms with van der Waals surface area (Å²) < 4.78 is 6.28. The Hall–Kier alpha value is -1.91. The first-order valence-corrected chi connectivity index (χ1v) is 12.3. The standard InChI is InChI=1S/C27H37Cl2NO3/c1-9-21(25(32)30-20-15-19(28)16(4)23(29)24(20)31)33-22-13-12-17(26(5,6)10-2)14-18(22)27(7,8)11-3/h12-15,21,31H,9-11H2,1-8H3,(H,30,32)/t21-/m1/s1. The van der Waals surface area contributed by atoms with Gasteiger partial charge in [0.1, 0.15) is 5.75 Å². The third-order valence-electron chi connectivity index (χ3n) is 6.87. The van der Waals surface area contributed by atoms with Crippen LogP contribution in [0.1, 0.15) is 84.4 Å². The number of benzene rings is 2. The third kappa shape index (κ3) is 5.96. The molecule has 0 saturated heterocycles. The van der Waals surface area contributed by atoms with Crippen LogP contribution in [0, 0.1) is 6.92 Å². The summed E-state index contributed by atoms with van der Waals surface area (Å²) in [5, 5.41) is 13.6. The number of nitrogens with one attached hydrogen (secondary N) is 1. The Labute approximate surface area is 208 Å². The van der Waals surface area contributed by atoms with Crippen molar-refractivity contribution in [1.29, 1.82) is 0 Å². The number of phenolic OH excluding ortho intramolecular Hbond substituents is 1. The third-order valence-corrected chi connectivity index (χ3v) is 7.72. The highest BCUT2D eigenvalue weighted by Crippen LogP contribution is 2.40. The van der Waals surface area contributed by atoms with Crippen LogP contribution < -0.4 is 10.1 Å². The monoisotopic (exact) mass is 493 g/mol. The number of halogens is 2. The van der Waals surface area contributed by atoms with Crippen molar-refractivity contribution in [3.8, 4) is 11.5 Å². The lowest BCUT2D eigenvalue weighted by Gasteiger charge is -2.31. The van der Waals surface area contributed by atoms with E-state index in [0.29, 0.717) is 22.8 Å². The second-order valence-corrected chi connectivity index (χ2v) is 10.7. The smallest absolute Gasteiger partial charge is 0.265 e. The Kier molecular flexibility index (Phi) is 8.75. The Morgan fingerprint density at radius 2 is 1.67 bits per heavy atom. The highest BCUT2D eigenvalue weighted by molar-refractivity contribution is 6.37. The molecule has 4 nitrogen and oxygen atoms in total. The molecule has 0 radical (unpaired) electrons. The molecule has 0 aliphatic rings. The van der Waals surface area contributed by atoms with Gasteiger partial charge in [-0.2, -0.15) is 0 Å². The highest BCUT2D eigenvalue weighted by Gasteiger charge is 2.29. The minimum Gasteiger partial charge on any atom is -0.504 e. The fourth-order valence-corrected chi connectivity index (χ4v) is 3.92. The number of hydrogen-bond donors (Lipinski definition) is 2. The van der Waals surface area contributed by atoms with Gasteiger partial charge < -0.3 is 15.2 Å². The number of hydrogen-bond acceptors (Lipinski definition) is 3. The van der Waals surface area contributed by atoms with E-state index < -0.39 is 6.10 Å². The summed E-state index contributed by atoms with van der Waals surface area (Å²) >= 11 is 12.3. The first kappa shape index (κ1) is 27.3. The summed E-state index contributed by atoms with van der Waals surface area (Å²) in [5.74, 6) is 0.117. The lowest BCUT2D eigenvalue weighted by atomic mass is 9.76. The van der Waals surface area contributed by atoms with E-state index in [1.807, 2.05) is 13.0 Å². The van der Waals surface area contributed by atoms with Gasteiger partial charge in [-0.15, -0.1) is 0 Å². The fraction of sp³-hybridized carbons (Fsp3) is 0.519. The normalized spacial score (nSPS) is 13.0. The van der Waals surface area contributed by atoms with E-state index in [0.717, 1.165) is 18.4 Å². The number of amides is 1. The Bertz CT molecular complexity index is 1010. The van der Waals surface area contributed by atoms with Crippen LogP contribution in [0.15, 0.2) is 24.3 Å². The fourth-order valence-electron chi connectivity index (χ4n) is 3.47. The molecule has 2 aromatic rings. The first-order valence-electron chi connectivity index (χ1n) is 11.6. The van der Waals surface area contributed by atoms with Crippen molar-refractivity contribution in [2.45, 2.75) is 91.6 Å². The SMILES string of the molecule is CC[C@@H](Oc1ccc(C(C)(C)CC)cc1C(C)(C)CC)C(=O)Nc1cc(Cl)c(C)c(Cl)c1O. The molecule has 1 atom stereocenters. The van der Waals surface area contributed by atoms with Crippen LogP contribution in [0.3, 0.4) is 0 Å². The van der Waals surface area contributed by atoms with Gasteiger partial charge in [0.15, 0.2) is 11.9 Å². The predicted molar refractivity (Wildman–Crippen MR) is 139 cm³/mol. The molecule has 0 bridgehead atoms. The number of rotatable bonds is 9. The summed E-state index contributed by atoms with van der Waals surface area (Å²) in [5.41, 5.74) is 2.97. The van der Waals surface area contributed by atoms with Gasteiger partial charge >= 0.3 is 0 Å². The van der Waals surface area contributed by atoms with Gasteiger partial charge in [-0.25, -0.2) is 0 Å². The average molecular weight is 495 g/mol. The largest absolute Gasteiger partial charge is 0.504 e. The van der Waals surface area contributed by atoms with Crippen LogP contribution in [0.2, 0.25) is 10.0 Å². The molecule has 182 valence electrons. The molecule has 2 aromatic carbocycles. The maximum Gasteiger partial charge on any atom is 0.265 e. The van der Waals surface area contributed by atoms with E-state index in [1.54, 1.807) is 6.92 Å². The van der Waals surface area contributed by atoms with Crippen LogP contribution >= 0.6 is 23.2 Å². The lowest BCUT2D eigenvalue weighted by molar-refractivity contribution is -0.122. The van der Waals surface area contributed by atoms with E-state index in [9.17, 15) is 9.90 Å². The zero-order valence-corrected chi connectivity index (χ0v) is 22.5. The summed E-state index contributed by atoms with van der Waals surface area (Å²) in [6, 6.07) is 7.78. The van der Waals surface area contributed by atoms with Gasteiger partial charge in [0.05, 0.1) is 10.7 Å². The molecule has 2 N–H and O–H groups in total. The Morgan fingerprint density at radius 1 is 1.06 bits per heavy atom. The van der Waals surface area contributed by atoms with Crippen molar-refractivity contribution >= 4 is 34.8 Å². The van der Waals surface area contributed by atoms with E-state index in [1.165, 1.54) is 11.6 Å². The maximum atomic E-state index is 13.1. The number of aromatic hydroxyl groups is 1. The second kappa shape index (κ2) is 10.6. The average Bonchev–Trinajstić information content (AvgIpc) is 2.79. The van der Waals surface area contributed by atoms with Crippen LogP contribution in [0.25, 0.3) is 0 Å². The van der Waals surface area contributed by atoms with Crippen molar-refractivity contribution < 1.29 is 14.6 Å². The van der Waals surface area contributed by atoms with E-state index >= 15 is 0 Å². The number of carbonyl (C=O) groups is 1. The molecule has 2 rings (SSSR count). The van der Waals surface area contributed by atoms with Crippen molar-refractivity contribution in [3.05, 3.63) is 51.0 Å². The molecule has 0 aliphatic heterocycles. The molecule has 0 heterocycles. The minimum absolute atomic E-state index is 0.0418. The molecule has 6 heteroatoms. The summed E-state index contributed by atoms with van der Waals surface area (Å²) in [6.07, 6.45) is 1.65. The van der Waals surface area contributed by atoms with Gasteiger partial charge in [0.2, 0.25) is 0 Å². The summed E-state index contributed by atoms with van der Waals surface area (Å²) in [7, 11) is 0. The van der Waals surface area contributed by atoms with E-state index in [-0.39, 0.29) is 33.2 Å². The van der Waals surface area contributed by atoms with Gasteiger partial charge in [0.25, 0.3) is 5.91 Å². The molecule has 33 heavy (non-hydrogen) atoms. The molecular formula is C27H37Cl2NO3. The van der Waals surface area contributed by atoms with E-state index in [4.69, 9.17) is 27.9 Å². The quantitative estimate of drug-likeness (QED) is 0.346. The van der Waals surface area contributed by atoms with Crippen molar-refractivity contribution in [1.82, 2.24) is 0 Å². The summed E-state index contributed by atoms with van der Waals surface area (Å²) in [6.45, 7) is 16.8. The number of carbonyl (C=O) groups excluding carboxylic acids is 1. The van der Waals surface area contributed by atoms with Crippen LogP contribution in [-0.2, 0) is 15.6 Å². The van der Waals surface area contributed by atoms with Crippen LogP contribution in [0.5, 0.6) is 11.5 Å². The van der Waals surface area contributed by atoms with Gasteiger partial charge in [0, 0.05) is 10.6 Å². The first-order chi connectivity index (χ1) is 15.3. The molecule has 1 amide bonds. The van der Waals surface area contributed by atoms with Gasteiger partial charge in [-0.05, 0) is 60.3 Å². The molecule has 0 aliphatic carbocycles. The molecule has 0 saturated carbocycles. The Balaban J connectivity index is 2.40. The topological polar surface area (TPSA) is 58.6 Å². The molecular weight excluding hydrogens is 457 g/mol. The maximum absolute atomic E-state index is 13.1. The zero-order valence-electron chi connectivity index (χ0n) is 21.0. The van der Waals surface area contributed by atoms with E-state index in [2.05, 4.69) is 59.0 Å². The number of ether oxygens (including phenoxy) is 1. The van der Waals surface area contributed by atoms with Crippen LogP contribution in [0.4, 0.5) is 5.69 Å². The van der Waals surface area contributed by atoms with Crippen molar-refractivity contribution in [2.24, 2.45) is 0 Å². The second-order valence-electron chi connectivity index (χ2n) is 9.88. The van der Waals surface area contributed by atoms with Crippen molar-refractivity contribution in [2.75, 3.05) is 5.32 Å². The van der Waals surface area contributed by atoms with Crippen LogP contribution in [-0.4, -0.2) is 17.1 Å². The number of anilines is 1. The van der Waals surface area contributed by atoms with Crippen molar-refractivity contribution in [3.63, 3.8) is 0 Å². The minimum atomic E-state index is -0.750. The van der Waals surface area contributed by atoms with Gasteiger partial charge in [-0.3, -0.25) is 4.79 Å². The lowest BCUT2D eigenvalue weighted by Crippen LogP contribution is -2.33. The highest BCUT2D eigenvalue weighted by atomic mass is 35.5. The molecule has 0 aromatic heterocycles. The Morgan fingerprint density at radius 3 is 2.21 bits per heavy atom. The summed E-state index contributed by atoms with van der Waals surface area (Å²) in [4.78, 5) is 13.1. The number of phenols is 1. The zero-order chi connectivity index (χ0) is 25.1. The molecule has 0 spiro atoms. The predicted octanol–water partition coefficient (Wildman–Crippen LogP) is 8.18. The molecule has 0 fully saturated rings. The molecule has 0 unspecified atom stereocenters. The van der Waals surface area contributed by atoms with Gasteiger partial charge in [-0.1, -0.05) is 83.8 Å².